The van der Waals surface area contributed by atoms with Crippen LogP contribution in [0.15, 0.2) is 24.3 Å². The van der Waals surface area contributed by atoms with Crippen LogP contribution in [0.2, 0.25) is 0 Å². The highest BCUT2D eigenvalue weighted by Crippen LogP contribution is 2.13. The fourth-order valence-corrected chi connectivity index (χ4v) is 3.32. The number of ether oxygens (including phenoxy) is 1. The number of amides is 2. The average Bonchev–Trinajstić information content (AvgIpc) is 3.00. The maximum absolute atomic E-state index is 13.8. The highest BCUT2D eigenvalue weighted by atomic mass is 19.1. The van der Waals surface area contributed by atoms with Crippen molar-refractivity contribution in [3.05, 3.63) is 35.6 Å². The minimum Gasteiger partial charge on any atom is -0.376 e. The van der Waals surface area contributed by atoms with Crippen LogP contribution < -0.4 is 5.32 Å². The molecular weight excluding hydrogens is 309 g/mol. The Morgan fingerprint density at radius 1 is 1.21 bits per heavy atom. The summed E-state index contributed by atoms with van der Waals surface area (Å²) < 4.78 is 19.3. The van der Waals surface area contributed by atoms with Crippen LogP contribution in [0.1, 0.15) is 24.8 Å². The SMILES string of the molecule is O=C(NC[C@H]1CCCO1)N1CCCN(Cc2ccccc2F)CC1. The van der Waals surface area contributed by atoms with Gasteiger partial charge in [0.2, 0.25) is 0 Å². The third-order valence-electron chi connectivity index (χ3n) is 4.73. The predicted molar refractivity (Wildman–Crippen MR) is 90.2 cm³/mol. The molecule has 0 aliphatic carbocycles. The Kier molecular flexibility index (Phi) is 6.04. The molecule has 0 bridgehead atoms. The van der Waals surface area contributed by atoms with E-state index in [-0.39, 0.29) is 18.0 Å². The molecule has 1 aromatic carbocycles. The Morgan fingerprint density at radius 2 is 2.08 bits per heavy atom. The summed E-state index contributed by atoms with van der Waals surface area (Å²) in [7, 11) is 0. The van der Waals surface area contributed by atoms with Gasteiger partial charge in [0.15, 0.2) is 0 Å². The quantitative estimate of drug-likeness (QED) is 0.918. The fraction of sp³-hybridized carbons (Fsp3) is 0.611. The van der Waals surface area contributed by atoms with Gasteiger partial charge in [-0.15, -0.1) is 0 Å². The van der Waals surface area contributed by atoms with Gasteiger partial charge >= 0.3 is 6.03 Å². The van der Waals surface area contributed by atoms with Gasteiger partial charge < -0.3 is 15.0 Å². The van der Waals surface area contributed by atoms with E-state index in [1.807, 2.05) is 17.0 Å². The van der Waals surface area contributed by atoms with Crippen molar-refractivity contribution in [2.24, 2.45) is 0 Å². The lowest BCUT2D eigenvalue weighted by molar-refractivity contribution is 0.109. The Morgan fingerprint density at radius 3 is 2.88 bits per heavy atom. The van der Waals surface area contributed by atoms with Crippen LogP contribution >= 0.6 is 0 Å². The summed E-state index contributed by atoms with van der Waals surface area (Å²) in [6, 6.07) is 6.88. The second-order valence-electron chi connectivity index (χ2n) is 6.53. The van der Waals surface area contributed by atoms with Crippen molar-refractivity contribution in [1.29, 1.82) is 0 Å². The molecule has 2 saturated heterocycles. The molecule has 2 heterocycles. The first-order chi connectivity index (χ1) is 11.7. The van der Waals surface area contributed by atoms with E-state index in [0.29, 0.717) is 25.2 Å². The van der Waals surface area contributed by atoms with Crippen molar-refractivity contribution in [1.82, 2.24) is 15.1 Å². The summed E-state index contributed by atoms with van der Waals surface area (Å²) in [6.07, 6.45) is 3.17. The van der Waals surface area contributed by atoms with Crippen molar-refractivity contribution in [3.63, 3.8) is 0 Å². The molecule has 2 fully saturated rings. The zero-order valence-corrected chi connectivity index (χ0v) is 14.0. The van der Waals surface area contributed by atoms with Gasteiger partial charge in [-0.25, -0.2) is 9.18 Å². The number of nitrogens with zero attached hydrogens (tertiary/aromatic N) is 2. The van der Waals surface area contributed by atoms with Gasteiger partial charge in [-0.1, -0.05) is 18.2 Å². The molecule has 2 amide bonds. The van der Waals surface area contributed by atoms with Crippen LogP contribution in [0.4, 0.5) is 9.18 Å². The number of carbonyl (C=O) groups excluding carboxylic acids is 1. The highest BCUT2D eigenvalue weighted by molar-refractivity contribution is 5.74. The summed E-state index contributed by atoms with van der Waals surface area (Å²) in [5.41, 5.74) is 0.716. The van der Waals surface area contributed by atoms with Crippen LogP contribution in [0.5, 0.6) is 0 Å². The fourth-order valence-electron chi connectivity index (χ4n) is 3.32. The second kappa shape index (κ2) is 8.44. The number of urea groups is 1. The average molecular weight is 335 g/mol. The van der Waals surface area contributed by atoms with E-state index in [1.54, 1.807) is 6.07 Å². The van der Waals surface area contributed by atoms with Crippen LogP contribution in [0.3, 0.4) is 0 Å². The predicted octanol–water partition coefficient (Wildman–Crippen LogP) is 2.22. The highest BCUT2D eigenvalue weighted by Gasteiger charge is 2.21. The van der Waals surface area contributed by atoms with Crippen LogP contribution in [-0.4, -0.2) is 61.3 Å². The van der Waals surface area contributed by atoms with Gasteiger partial charge in [-0.05, 0) is 25.3 Å². The number of halogens is 1. The summed E-state index contributed by atoms with van der Waals surface area (Å²) in [5, 5.41) is 2.98. The van der Waals surface area contributed by atoms with E-state index in [9.17, 15) is 9.18 Å². The van der Waals surface area contributed by atoms with E-state index < -0.39 is 0 Å². The first-order valence-electron chi connectivity index (χ1n) is 8.82. The minimum absolute atomic E-state index is 0.0155. The Balaban J connectivity index is 1.45. The number of hydrogen-bond acceptors (Lipinski definition) is 3. The third kappa shape index (κ3) is 4.68. The molecule has 2 aliphatic rings. The normalized spacial score (nSPS) is 22.4. The molecule has 0 saturated carbocycles. The smallest absolute Gasteiger partial charge is 0.317 e. The molecule has 1 aromatic rings. The standard InChI is InChI=1S/C18H26FN3O2/c19-17-7-2-1-5-15(17)14-21-8-4-9-22(11-10-21)18(23)20-13-16-6-3-12-24-16/h1-2,5,7,16H,3-4,6,8-14H2,(H,20,23)/t16-/m1/s1. The number of carbonyl (C=O) groups is 1. The first kappa shape index (κ1) is 17.2. The van der Waals surface area contributed by atoms with E-state index in [1.165, 1.54) is 6.07 Å². The molecule has 3 rings (SSSR count). The van der Waals surface area contributed by atoms with Gasteiger partial charge in [0.1, 0.15) is 5.82 Å². The molecule has 1 N–H and O–H groups in total. The molecule has 2 aliphatic heterocycles. The zero-order chi connectivity index (χ0) is 16.8. The number of nitrogens with one attached hydrogen (secondary N) is 1. The summed E-state index contributed by atoms with van der Waals surface area (Å²) in [4.78, 5) is 16.4. The summed E-state index contributed by atoms with van der Waals surface area (Å²) in [5.74, 6) is -0.159. The van der Waals surface area contributed by atoms with Gasteiger partial charge in [0.05, 0.1) is 6.10 Å². The lowest BCUT2D eigenvalue weighted by Crippen LogP contribution is -2.44. The zero-order valence-electron chi connectivity index (χ0n) is 14.0. The van der Waals surface area contributed by atoms with Crippen molar-refractivity contribution >= 4 is 6.03 Å². The van der Waals surface area contributed by atoms with E-state index in [4.69, 9.17) is 4.74 Å². The molecule has 0 spiro atoms. The largest absolute Gasteiger partial charge is 0.376 e. The molecular formula is C18H26FN3O2. The monoisotopic (exact) mass is 335 g/mol. The van der Waals surface area contributed by atoms with Crippen molar-refractivity contribution in [3.8, 4) is 0 Å². The molecule has 132 valence electrons. The maximum Gasteiger partial charge on any atom is 0.317 e. The Hall–Kier alpha value is -1.66. The van der Waals surface area contributed by atoms with Gasteiger partial charge in [0.25, 0.3) is 0 Å². The Labute approximate surface area is 142 Å². The van der Waals surface area contributed by atoms with Gasteiger partial charge in [-0.3, -0.25) is 4.90 Å². The third-order valence-corrected chi connectivity index (χ3v) is 4.73. The molecule has 0 aromatic heterocycles. The number of hydrogen-bond donors (Lipinski definition) is 1. The van der Waals surface area contributed by atoms with Crippen molar-refractivity contribution in [2.45, 2.75) is 31.9 Å². The van der Waals surface area contributed by atoms with Crippen molar-refractivity contribution in [2.75, 3.05) is 39.3 Å². The molecule has 5 nitrogen and oxygen atoms in total. The summed E-state index contributed by atoms with van der Waals surface area (Å²) >= 11 is 0. The lowest BCUT2D eigenvalue weighted by atomic mass is 10.2. The second-order valence-corrected chi connectivity index (χ2v) is 6.53. The topological polar surface area (TPSA) is 44.8 Å². The molecule has 6 heteroatoms. The van der Waals surface area contributed by atoms with Crippen LogP contribution in [0.25, 0.3) is 0 Å². The van der Waals surface area contributed by atoms with Crippen LogP contribution in [-0.2, 0) is 11.3 Å². The molecule has 1 atom stereocenters. The minimum atomic E-state index is -0.159. The number of rotatable bonds is 4. The van der Waals surface area contributed by atoms with Gasteiger partial charge in [-0.2, -0.15) is 0 Å². The first-order valence-corrected chi connectivity index (χ1v) is 8.82. The van der Waals surface area contributed by atoms with Crippen molar-refractivity contribution < 1.29 is 13.9 Å². The van der Waals surface area contributed by atoms with E-state index >= 15 is 0 Å². The summed E-state index contributed by atoms with van der Waals surface area (Å²) in [6.45, 7) is 5.05. The molecule has 24 heavy (non-hydrogen) atoms. The maximum atomic E-state index is 13.8. The number of benzene rings is 1. The van der Waals surface area contributed by atoms with Crippen LogP contribution in [0, 0.1) is 5.82 Å². The Bertz CT molecular complexity index is 549. The van der Waals surface area contributed by atoms with E-state index in [2.05, 4.69) is 10.2 Å². The van der Waals surface area contributed by atoms with Gasteiger partial charge in [0, 0.05) is 51.4 Å². The molecule has 0 radical (unpaired) electrons. The van der Waals surface area contributed by atoms with E-state index in [0.717, 1.165) is 45.5 Å². The molecule has 0 unspecified atom stereocenters. The lowest BCUT2D eigenvalue weighted by Gasteiger charge is -2.23.